The molecule has 3 heteroatoms. The maximum absolute atomic E-state index is 10.6. The molecule has 8 heavy (non-hydrogen) atoms. The highest BCUT2D eigenvalue weighted by Crippen LogP contribution is 2.08. The largest absolute Gasteiger partial charge is 0.380 e. The van der Waals surface area contributed by atoms with Crippen molar-refractivity contribution in [3.63, 3.8) is 0 Å². The van der Waals surface area contributed by atoms with E-state index in [1.54, 1.807) is 0 Å². The highest BCUT2D eigenvalue weighted by Gasteiger charge is 2.05. The van der Waals surface area contributed by atoms with E-state index in [0.29, 0.717) is 13.0 Å². The third-order valence-corrected chi connectivity index (χ3v) is 1.84. The molecule has 0 aromatic carbocycles. The number of ether oxygens (including phenoxy) is 1. The smallest absolute Gasteiger partial charge is 0.191 e. The van der Waals surface area contributed by atoms with Gasteiger partial charge >= 0.3 is 0 Å². The zero-order valence-corrected chi connectivity index (χ0v) is 5.37. The Kier molecular flexibility index (Phi) is 2.36. The van der Waals surface area contributed by atoms with Gasteiger partial charge in [0.25, 0.3) is 0 Å². The van der Waals surface area contributed by atoms with Crippen LogP contribution in [0.4, 0.5) is 0 Å². The fourth-order valence-corrected chi connectivity index (χ4v) is 1.20. The summed E-state index contributed by atoms with van der Waals surface area (Å²) in [6.07, 6.45) is 0.588. The molecule has 0 radical (unpaired) electrons. The maximum Gasteiger partial charge on any atom is 0.191 e. The van der Waals surface area contributed by atoms with Crippen LogP contribution in [0.2, 0.25) is 0 Å². The normalized spacial score (nSPS) is 22.8. The molecule has 0 spiro atoms. The van der Waals surface area contributed by atoms with Crippen molar-refractivity contribution in [2.24, 2.45) is 0 Å². The molecule has 0 bridgehead atoms. The van der Waals surface area contributed by atoms with Crippen LogP contribution in [0.15, 0.2) is 0 Å². The third kappa shape index (κ3) is 1.84. The van der Waals surface area contributed by atoms with Crippen molar-refractivity contribution in [2.45, 2.75) is 6.42 Å². The molecule has 0 atom stereocenters. The highest BCUT2D eigenvalue weighted by molar-refractivity contribution is 8.13. The fourth-order valence-electron chi connectivity index (χ4n) is 0.544. The van der Waals surface area contributed by atoms with Crippen molar-refractivity contribution in [1.82, 2.24) is 0 Å². The molecule has 0 amide bonds. The molecule has 1 saturated heterocycles. The van der Waals surface area contributed by atoms with E-state index in [4.69, 9.17) is 4.74 Å². The van der Waals surface area contributed by atoms with E-state index in [1.807, 2.05) is 0 Å². The average molecular weight is 132 g/mol. The van der Waals surface area contributed by atoms with Crippen molar-refractivity contribution >= 4 is 16.9 Å². The van der Waals surface area contributed by atoms with Crippen LogP contribution >= 0.6 is 11.8 Å². The highest BCUT2D eigenvalue weighted by atomic mass is 32.2. The number of hydrogen-bond acceptors (Lipinski definition) is 3. The van der Waals surface area contributed by atoms with Crippen LogP contribution in [0.3, 0.4) is 0 Å². The summed E-state index contributed by atoms with van der Waals surface area (Å²) < 4.78 is 5.02. The van der Waals surface area contributed by atoms with Crippen LogP contribution in [0.5, 0.6) is 0 Å². The van der Waals surface area contributed by atoms with Crippen LogP contribution in [0, 0.1) is 0 Å². The first kappa shape index (κ1) is 6.11. The number of thioether (sulfide) groups is 1. The van der Waals surface area contributed by atoms with E-state index in [-0.39, 0.29) is 5.12 Å². The van der Waals surface area contributed by atoms with Gasteiger partial charge in [-0.15, -0.1) is 0 Å². The lowest BCUT2D eigenvalue weighted by Crippen LogP contribution is -1.94. The van der Waals surface area contributed by atoms with E-state index in [9.17, 15) is 4.79 Å². The molecule has 0 aromatic heterocycles. The van der Waals surface area contributed by atoms with Gasteiger partial charge in [0.15, 0.2) is 5.12 Å². The van der Waals surface area contributed by atoms with Crippen molar-refractivity contribution < 1.29 is 9.53 Å². The second-order valence-electron chi connectivity index (χ2n) is 1.58. The molecular weight excluding hydrogens is 124 g/mol. The number of carbonyl (C=O) groups is 1. The minimum Gasteiger partial charge on any atom is -0.380 e. The Morgan fingerprint density at radius 2 is 2.38 bits per heavy atom. The van der Waals surface area contributed by atoms with Crippen LogP contribution in [0.1, 0.15) is 6.42 Å². The van der Waals surface area contributed by atoms with Gasteiger partial charge in [0.2, 0.25) is 0 Å². The summed E-state index contributed by atoms with van der Waals surface area (Å²) in [6.45, 7) is 1.35. The summed E-state index contributed by atoms with van der Waals surface area (Å²) in [5, 5.41) is 0.266. The number of carbonyl (C=O) groups excluding carboxylic acids is 1. The standard InChI is InChI=1S/C5H8O2S/c6-5-1-2-7-3-4-8-5/h1-4H2. The van der Waals surface area contributed by atoms with Gasteiger partial charge in [-0.05, 0) is 0 Å². The quantitative estimate of drug-likeness (QED) is 0.484. The Bertz CT molecular complexity index is 82.4. The van der Waals surface area contributed by atoms with Crippen LogP contribution in [-0.4, -0.2) is 24.1 Å². The minimum atomic E-state index is 0.266. The predicted molar refractivity (Wildman–Crippen MR) is 32.9 cm³/mol. The summed E-state index contributed by atoms with van der Waals surface area (Å²) in [5.74, 6) is 0.832. The van der Waals surface area contributed by atoms with E-state index in [2.05, 4.69) is 0 Å². The first-order valence-corrected chi connectivity index (χ1v) is 3.61. The van der Waals surface area contributed by atoms with E-state index in [0.717, 1.165) is 12.4 Å². The second-order valence-corrected chi connectivity index (χ2v) is 2.74. The monoisotopic (exact) mass is 132 g/mol. The average Bonchev–Trinajstić information content (AvgIpc) is 1.94. The molecule has 0 N–H and O–H groups in total. The molecule has 1 fully saturated rings. The lowest BCUT2D eigenvalue weighted by molar-refractivity contribution is -0.111. The molecule has 1 rings (SSSR count). The van der Waals surface area contributed by atoms with Crippen LogP contribution in [0.25, 0.3) is 0 Å². The van der Waals surface area contributed by atoms with Gasteiger partial charge in [-0.25, -0.2) is 0 Å². The Morgan fingerprint density at radius 1 is 1.50 bits per heavy atom. The summed E-state index contributed by atoms with van der Waals surface area (Å²) >= 11 is 1.37. The van der Waals surface area contributed by atoms with E-state index >= 15 is 0 Å². The predicted octanol–water partition coefficient (Wildman–Crippen LogP) is 0.666. The molecule has 1 aliphatic rings. The van der Waals surface area contributed by atoms with Gasteiger partial charge in [0, 0.05) is 12.2 Å². The molecule has 1 aliphatic heterocycles. The molecule has 2 nitrogen and oxygen atoms in total. The van der Waals surface area contributed by atoms with Crippen LogP contribution in [-0.2, 0) is 9.53 Å². The zero-order valence-electron chi connectivity index (χ0n) is 4.55. The lowest BCUT2D eigenvalue weighted by Gasteiger charge is -1.90. The third-order valence-electron chi connectivity index (χ3n) is 0.941. The van der Waals surface area contributed by atoms with Crippen molar-refractivity contribution in [2.75, 3.05) is 19.0 Å². The Balaban J connectivity index is 2.27. The summed E-state index contributed by atoms with van der Waals surface area (Å²) in [4.78, 5) is 10.6. The van der Waals surface area contributed by atoms with Crippen molar-refractivity contribution in [3.05, 3.63) is 0 Å². The van der Waals surface area contributed by atoms with Gasteiger partial charge < -0.3 is 4.74 Å². The Labute approximate surface area is 52.6 Å². The molecule has 0 saturated carbocycles. The lowest BCUT2D eigenvalue weighted by atomic mass is 10.5. The molecule has 0 aromatic rings. The Hall–Kier alpha value is -0.0200. The fraction of sp³-hybridized carbons (Fsp3) is 0.800. The van der Waals surface area contributed by atoms with Crippen molar-refractivity contribution in [3.8, 4) is 0 Å². The second kappa shape index (κ2) is 3.10. The first-order valence-electron chi connectivity index (χ1n) is 2.63. The zero-order chi connectivity index (χ0) is 5.82. The molecule has 0 aliphatic carbocycles. The summed E-state index contributed by atoms with van der Waals surface area (Å²) in [7, 11) is 0. The molecule has 1 heterocycles. The van der Waals surface area contributed by atoms with E-state index in [1.165, 1.54) is 11.8 Å². The number of hydrogen-bond donors (Lipinski definition) is 0. The molecule has 46 valence electrons. The van der Waals surface area contributed by atoms with Gasteiger partial charge in [-0.2, -0.15) is 0 Å². The van der Waals surface area contributed by atoms with Gasteiger partial charge in [0.05, 0.1) is 13.2 Å². The van der Waals surface area contributed by atoms with Gasteiger partial charge in [-0.3, -0.25) is 4.79 Å². The summed E-state index contributed by atoms with van der Waals surface area (Å²) in [5.41, 5.74) is 0. The maximum atomic E-state index is 10.6. The summed E-state index contributed by atoms with van der Waals surface area (Å²) in [6, 6.07) is 0. The Morgan fingerprint density at radius 3 is 3.25 bits per heavy atom. The topological polar surface area (TPSA) is 26.3 Å². The number of rotatable bonds is 0. The SMILES string of the molecule is O=C1CCOCCS1. The molecular formula is C5H8O2S. The molecule has 0 unspecified atom stereocenters. The first-order chi connectivity index (χ1) is 3.89. The van der Waals surface area contributed by atoms with Gasteiger partial charge in [0.1, 0.15) is 0 Å². The van der Waals surface area contributed by atoms with E-state index < -0.39 is 0 Å². The minimum absolute atomic E-state index is 0.266. The van der Waals surface area contributed by atoms with Gasteiger partial charge in [-0.1, -0.05) is 11.8 Å². The van der Waals surface area contributed by atoms with Crippen molar-refractivity contribution in [1.29, 1.82) is 0 Å². The van der Waals surface area contributed by atoms with Crippen LogP contribution < -0.4 is 0 Å².